The third-order valence-electron chi connectivity index (χ3n) is 5.92. The molecule has 0 bridgehead atoms. The van der Waals surface area contributed by atoms with Gasteiger partial charge in [-0.25, -0.2) is 0 Å². The molecule has 126 valence electrons. The summed E-state index contributed by atoms with van der Waals surface area (Å²) < 4.78 is 5.70. The molecule has 5 nitrogen and oxygen atoms in total. The molecule has 3 aromatic rings. The predicted octanol–water partition coefficient (Wildman–Crippen LogP) is 3.85. The van der Waals surface area contributed by atoms with E-state index in [1.54, 1.807) is 12.4 Å². The third kappa shape index (κ3) is 2.15. The van der Waals surface area contributed by atoms with Crippen LogP contribution < -0.4 is 0 Å². The summed E-state index contributed by atoms with van der Waals surface area (Å²) in [6, 6.07) is 10.6. The predicted molar refractivity (Wildman–Crippen MR) is 92.0 cm³/mol. The van der Waals surface area contributed by atoms with E-state index in [0.29, 0.717) is 17.7 Å². The Morgan fingerprint density at radius 1 is 1.04 bits per heavy atom. The molecule has 2 fully saturated rings. The van der Waals surface area contributed by atoms with Crippen molar-refractivity contribution in [3.8, 4) is 0 Å². The summed E-state index contributed by atoms with van der Waals surface area (Å²) in [6.45, 7) is 4.56. The number of hydrogen-bond acceptors (Lipinski definition) is 5. The Kier molecular flexibility index (Phi) is 2.94. The molecule has 0 amide bonds. The molecule has 0 N–H and O–H groups in total. The summed E-state index contributed by atoms with van der Waals surface area (Å²) >= 11 is 0. The van der Waals surface area contributed by atoms with Crippen LogP contribution in [0.2, 0.25) is 0 Å². The molecule has 2 aromatic heterocycles. The van der Waals surface area contributed by atoms with Crippen molar-refractivity contribution in [3.05, 3.63) is 71.9 Å². The lowest BCUT2D eigenvalue weighted by molar-refractivity contribution is 0.352. The number of aromatic nitrogens is 4. The summed E-state index contributed by atoms with van der Waals surface area (Å²) in [4.78, 5) is 13.5. The van der Waals surface area contributed by atoms with Crippen LogP contribution in [-0.2, 0) is 5.41 Å². The zero-order valence-electron chi connectivity index (χ0n) is 14.4. The molecule has 0 aliphatic heterocycles. The average molecular weight is 332 g/mol. The van der Waals surface area contributed by atoms with Gasteiger partial charge in [-0.3, -0.25) is 9.97 Å². The number of benzene rings is 1. The normalized spacial score (nSPS) is 25.5. The first kappa shape index (κ1) is 14.8. The second-order valence-corrected chi connectivity index (χ2v) is 7.82. The van der Waals surface area contributed by atoms with E-state index in [1.807, 2.05) is 6.20 Å². The van der Waals surface area contributed by atoms with Crippen LogP contribution in [-0.4, -0.2) is 20.1 Å². The van der Waals surface area contributed by atoms with E-state index in [0.717, 1.165) is 24.4 Å². The molecule has 5 rings (SSSR count). The molecule has 1 aromatic carbocycles. The SMILES string of the molecule is CC1(C)[C@@H](c2ccccc2)[C@@H]1c1noc(C2(c3cnccn3)CC2)n1. The Labute approximate surface area is 146 Å². The quantitative estimate of drug-likeness (QED) is 0.726. The highest BCUT2D eigenvalue weighted by molar-refractivity contribution is 5.39. The van der Waals surface area contributed by atoms with Gasteiger partial charge in [0.15, 0.2) is 5.82 Å². The van der Waals surface area contributed by atoms with Gasteiger partial charge in [-0.2, -0.15) is 4.98 Å². The van der Waals surface area contributed by atoms with Crippen molar-refractivity contribution in [2.24, 2.45) is 5.41 Å². The fraction of sp³-hybridized carbons (Fsp3) is 0.400. The highest BCUT2D eigenvalue weighted by Crippen LogP contribution is 2.69. The lowest BCUT2D eigenvalue weighted by atomic mass is 10.0. The van der Waals surface area contributed by atoms with Crippen molar-refractivity contribution >= 4 is 0 Å². The molecule has 2 aliphatic rings. The van der Waals surface area contributed by atoms with E-state index in [2.05, 4.69) is 59.3 Å². The van der Waals surface area contributed by atoms with Gasteiger partial charge in [0.25, 0.3) is 0 Å². The van der Waals surface area contributed by atoms with Crippen LogP contribution >= 0.6 is 0 Å². The molecule has 0 saturated heterocycles. The highest BCUT2D eigenvalue weighted by atomic mass is 16.5. The lowest BCUT2D eigenvalue weighted by Crippen LogP contribution is -2.11. The average Bonchev–Trinajstić information content (AvgIpc) is 3.49. The zero-order valence-corrected chi connectivity index (χ0v) is 14.4. The third-order valence-corrected chi connectivity index (χ3v) is 5.92. The van der Waals surface area contributed by atoms with Gasteiger partial charge >= 0.3 is 0 Å². The van der Waals surface area contributed by atoms with E-state index in [1.165, 1.54) is 5.56 Å². The van der Waals surface area contributed by atoms with Crippen molar-refractivity contribution < 1.29 is 4.52 Å². The molecule has 0 radical (unpaired) electrons. The smallest absolute Gasteiger partial charge is 0.238 e. The van der Waals surface area contributed by atoms with Crippen molar-refractivity contribution in [2.45, 2.75) is 43.9 Å². The van der Waals surface area contributed by atoms with Crippen LogP contribution in [0, 0.1) is 5.41 Å². The first-order valence-corrected chi connectivity index (χ1v) is 8.78. The second-order valence-electron chi connectivity index (χ2n) is 7.82. The minimum atomic E-state index is -0.221. The molecule has 2 atom stereocenters. The Hall–Kier alpha value is -2.56. The van der Waals surface area contributed by atoms with Crippen LogP contribution in [0.5, 0.6) is 0 Å². The van der Waals surface area contributed by atoms with Gasteiger partial charge in [0.05, 0.1) is 11.1 Å². The van der Waals surface area contributed by atoms with Crippen LogP contribution in [0.4, 0.5) is 0 Å². The van der Waals surface area contributed by atoms with Crippen LogP contribution in [0.25, 0.3) is 0 Å². The standard InChI is InChI=1S/C20H20N4O/c1-19(2)15(13-6-4-3-5-7-13)16(19)17-23-18(25-24-17)20(8-9-20)14-12-21-10-11-22-14/h3-7,10-12,15-16H,8-9H2,1-2H3/t15-,16+/m0/s1. The molecule has 0 spiro atoms. The monoisotopic (exact) mass is 332 g/mol. The van der Waals surface area contributed by atoms with Gasteiger partial charge in [0.2, 0.25) is 5.89 Å². The Morgan fingerprint density at radius 3 is 2.52 bits per heavy atom. The summed E-state index contributed by atoms with van der Waals surface area (Å²) in [5.41, 5.74) is 2.20. The van der Waals surface area contributed by atoms with E-state index >= 15 is 0 Å². The van der Waals surface area contributed by atoms with Gasteiger partial charge < -0.3 is 4.52 Å². The second kappa shape index (κ2) is 4.97. The van der Waals surface area contributed by atoms with Gasteiger partial charge in [0.1, 0.15) is 0 Å². The maximum atomic E-state index is 5.70. The summed E-state index contributed by atoms with van der Waals surface area (Å²) in [5, 5.41) is 4.35. The Bertz CT molecular complexity index is 900. The molecular weight excluding hydrogens is 312 g/mol. The number of nitrogens with zero attached hydrogens (tertiary/aromatic N) is 4. The molecule has 5 heteroatoms. The number of rotatable bonds is 4. The van der Waals surface area contributed by atoms with Crippen molar-refractivity contribution in [1.82, 2.24) is 20.1 Å². The molecule has 2 heterocycles. The van der Waals surface area contributed by atoms with Gasteiger partial charge in [-0.1, -0.05) is 49.3 Å². The van der Waals surface area contributed by atoms with Crippen molar-refractivity contribution in [1.29, 1.82) is 0 Å². The Balaban J connectivity index is 1.46. The Morgan fingerprint density at radius 2 is 1.84 bits per heavy atom. The molecule has 0 unspecified atom stereocenters. The van der Waals surface area contributed by atoms with E-state index < -0.39 is 0 Å². The molecule has 2 aliphatic carbocycles. The minimum absolute atomic E-state index is 0.145. The van der Waals surface area contributed by atoms with E-state index in [9.17, 15) is 0 Å². The van der Waals surface area contributed by atoms with Gasteiger partial charge in [-0.15, -0.1) is 0 Å². The summed E-state index contributed by atoms with van der Waals surface area (Å²) in [6.07, 6.45) is 7.20. The summed E-state index contributed by atoms with van der Waals surface area (Å²) in [7, 11) is 0. The maximum Gasteiger partial charge on any atom is 0.238 e. The largest absolute Gasteiger partial charge is 0.338 e. The zero-order chi connectivity index (χ0) is 17.1. The lowest BCUT2D eigenvalue weighted by Gasteiger charge is -2.07. The fourth-order valence-corrected chi connectivity index (χ4v) is 4.21. The van der Waals surface area contributed by atoms with Crippen LogP contribution in [0.3, 0.4) is 0 Å². The fourth-order valence-electron chi connectivity index (χ4n) is 4.21. The van der Waals surface area contributed by atoms with Gasteiger partial charge in [0, 0.05) is 30.4 Å². The number of hydrogen-bond donors (Lipinski definition) is 0. The first-order valence-electron chi connectivity index (χ1n) is 8.78. The molecule has 25 heavy (non-hydrogen) atoms. The first-order chi connectivity index (χ1) is 12.1. The van der Waals surface area contributed by atoms with Crippen LogP contribution in [0.1, 0.15) is 61.5 Å². The molecular formula is C20H20N4O. The maximum absolute atomic E-state index is 5.70. The van der Waals surface area contributed by atoms with Crippen LogP contribution in [0.15, 0.2) is 53.4 Å². The van der Waals surface area contributed by atoms with E-state index in [-0.39, 0.29) is 10.8 Å². The van der Waals surface area contributed by atoms with Crippen molar-refractivity contribution in [2.75, 3.05) is 0 Å². The minimum Gasteiger partial charge on any atom is -0.338 e. The van der Waals surface area contributed by atoms with Gasteiger partial charge in [-0.05, 0) is 23.8 Å². The van der Waals surface area contributed by atoms with E-state index in [4.69, 9.17) is 9.51 Å². The summed E-state index contributed by atoms with van der Waals surface area (Å²) in [5.74, 6) is 2.25. The highest BCUT2D eigenvalue weighted by Gasteiger charge is 2.62. The van der Waals surface area contributed by atoms with Crippen molar-refractivity contribution in [3.63, 3.8) is 0 Å². The molecule has 2 saturated carbocycles. The topological polar surface area (TPSA) is 64.7 Å².